The zero-order chi connectivity index (χ0) is 20.4. The number of rotatable bonds is 3. The minimum absolute atomic E-state index is 0.0428. The van der Waals surface area contributed by atoms with Crippen molar-refractivity contribution in [1.82, 2.24) is 19.5 Å². The fourth-order valence-electron chi connectivity index (χ4n) is 3.19. The van der Waals surface area contributed by atoms with Crippen LogP contribution < -0.4 is 5.56 Å². The van der Waals surface area contributed by atoms with Crippen LogP contribution in [-0.2, 0) is 5.41 Å². The Morgan fingerprint density at radius 1 is 0.897 bits per heavy atom. The van der Waals surface area contributed by atoms with E-state index < -0.39 is 0 Å². The molecule has 4 rings (SSSR count). The third-order valence-corrected chi connectivity index (χ3v) is 4.80. The van der Waals surface area contributed by atoms with Crippen LogP contribution in [-0.4, -0.2) is 19.5 Å². The standard InChI is InChI=1S/C24H22N4O/c1-24(2,3)18-9-11-19(12-10-18)28-22(13-8-17-14-25-16-26-15-17)27-21-7-5-4-6-20(21)23(28)29/h4-16H,1-3H3/b13-8+. The maximum Gasteiger partial charge on any atom is 0.266 e. The lowest BCUT2D eigenvalue weighted by atomic mass is 9.87. The molecule has 0 aliphatic heterocycles. The monoisotopic (exact) mass is 382 g/mol. The van der Waals surface area contributed by atoms with E-state index in [4.69, 9.17) is 4.98 Å². The van der Waals surface area contributed by atoms with Gasteiger partial charge in [0, 0.05) is 18.0 Å². The van der Waals surface area contributed by atoms with Crippen molar-refractivity contribution in [3.63, 3.8) is 0 Å². The number of benzene rings is 2. The summed E-state index contributed by atoms with van der Waals surface area (Å²) in [5.41, 5.74) is 3.45. The summed E-state index contributed by atoms with van der Waals surface area (Å²) in [6, 6.07) is 15.5. The number of hydrogen-bond donors (Lipinski definition) is 0. The molecule has 0 saturated heterocycles. The van der Waals surface area contributed by atoms with Crippen molar-refractivity contribution in [3.05, 3.63) is 94.6 Å². The minimum Gasteiger partial charge on any atom is -0.268 e. The third-order valence-electron chi connectivity index (χ3n) is 4.80. The number of aromatic nitrogens is 4. The van der Waals surface area contributed by atoms with E-state index in [2.05, 4.69) is 42.9 Å². The summed E-state index contributed by atoms with van der Waals surface area (Å²) >= 11 is 0. The Morgan fingerprint density at radius 3 is 2.28 bits per heavy atom. The van der Waals surface area contributed by atoms with Crippen LogP contribution in [0.1, 0.15) is 37.7 Å². The van der Waals surface area contributed by atoms with Gasteiger partial charge in [0.2, 0.25) is 0 Å². The second kappa shape index (κ2) is 7.43. The van der Waals surface area contributed by atoms with Crippen LogP contribution in [0.4, 0.5) is 0 Å². The number of nitrogens with zero attached hydrogens (tertiary/aromatic N) is 4. The fraction of sp³-hybridized carbons (Fsp3) is 0.167. The van der Waals surface area contributed by atoms with Gasteiger partial charge in [-0.2, -0.15) is 0 Å². The molecule has 0 aliphatic rings. The van der Waals surface area contributed by atoms with Crippen LogP contribution in [0.25, 0.3) is 28.7 Å². The Labute approximate surface area is 169 Å². The molecular weight excluding hydrogens is 360 g/mol. The molecule has 0 fully saturated rings. The highest BCUT2D eigenvalue weighted by atomic mass is 16.1. The number of para-hydroxylation sites is 1. The zero-order valence-electron chi connectivity index (χ0n) is 16.7. The second-order valence-electron chi connectivity index (χ2n) is 7.93. The Balaban J connectivity index is 1.90. The van der Waals surface area contributed by atoms with Crippen molar-refractivity contribution in [2.45, 2.75) is 26.2 Å². The van der Waals surface area contributed by atoms with Crippen molar-refractivity contribution >= 4 is 23.1 Å². The molecule has 2 heterocycles. The highest BCUT2D eigenvalue weighted by Crippen LogP contribution is 2.23. The van der Waals surface area contributed by atoms with Crippen LogP contribution in [0.15, 0.2) is 72.0 Å². The van der Waals surface area contributed by atoms with E-state index in [1.165, 1.54) is 11.9 Å². The molecular formula is C24H22N4O. The highest BCUT2D eigenvalue weighted by Gasteiger charge is 2.15. The molecule has 0 aliphatic carbocycles. The van der Waals surface area contributed by atoms with Gasteiger partial charge >= 0.3 is 0 Å². The van der Waals surface area contributed by atoms with Crippen molar-refractivity contribution < 1.29 is 0 Å². The van der Waals surface area contributed by atoms with E-state index in [-0.39, 0.29) is 11.0 Å². The average Bonchev–Trinajstić information content (AvgIpc) is 2.73. The summed E-state index contributed by atoms with van der Waals surface area (Å²) in [5.74, 6) is 0.557. The van der Waals surface area contributed by atoms with Crippen molar-refractivity contribution in [3.8, 4) is 5.69 Å². The summed E-state index contributed by atoms with van der Waals surface area (Å²) in [5, 5.41) is 0.590. The Bertz CT molecular complexity index is 1230. The van der Waals surface area contributed by atoms with Gasteiger partial charge in [-0.15, -0.1) is 0 Å². The maximum absolute atomic E-state index is 13.3. The quantitative estimate of drug-likeness (QED) is 0.518. The lowest BCUT2D eigenvalue weighted by molar-refractivity contribution is 0.590. The van der Waals surface area contributed by atoms with Gasteiger partial charge in [0.15, 0.2) is 0 Å². The summed E-state index contributed by atoms with van der Waals surface area (Å²) in [4.78, 5) is 26.1. The van der Waals surface area contributed by atoms with Gasteiger partial charge in [0.1, 0.15) is 12.2 Å². The topological polar surface area (TPSA) is 60.7 Å². The van der Waals surface area contributed by atoms with Gasteiger partial charge in [-0.1, -0.05) is 45.0 Å². The molecule has 144 valence electrons. The number of hydrogen-bond acceptors (Lipinski definition) is 4. The molecule has 0 amide bonds. The molecule has 5 nitrogen and oxygen atoms in total. The predicted octanol–water partition coefficient (Wildman–Crippen LogP) is 4.64. The summed E-state index contributed by atoms with van der Waals surface area (Å²) in [7, 11) is 0. The predicted molar refractivity (Wildman–Crippen MR) is 117 cm³/mol. The lowest BCUT2D eigenvalue weighted by Gasteiger charge is -2.19. The first-order valence-electron chi connectivity index (χ1n) is 9.49. The smallest absolute Gasteiger partial charge is 0.266 e. The van der Waals surface area contributed by atoms with E-state index >= 15 is 0 Å². The molecule has 0 bridgehead atoms. The average molecular weight is 382 g/mol. The number of fused-ring (bicyclic) bond motifs is 1. The zero-order valence-corrected chi connectivity index (χ0v) is 16.7. The van der Waals surface area contributed by atoms with Crippen molar-refractivity contribution in [1.29, 1.82) is 0 Å². The van der Waals surface area contributed by atoms with E-state index in [1.807, 2.05) is 48.6 Å². The molecule has 2 aromatic carbocycles. The lowest BCUT2D eigenvalue weighted by Crippen LogP contribution is -2.22. The molecule has 0 N–H and O–H groups in total. The van der Waals surface area contributed by atoms with Crippen LogP contribution in [0.3, 0.4) is 0 Å². The van der Waals surface area contributed by atoms with Gasteiger partial charge in [0.05, 0.1) is 16.6 Å². The van der Waals surface area contributed by atoms with Gasteiger partial charge in [0.25, 0.3) is 5.56 Å². The van der Waals surface area contributed by atoms with E-state index in [0.717, 1.165) is 11.3 Å². The van der Waals surface area contributed by atoms with Gasteiger partial charge in [-0.3, -0.25) is 9.36 Å². The highest BCUT2D eigenvalue weighted by molar-refractivity contribution is 5.80. The maximum atomic E-state index is 13.3. The second-order valence-corrected chi connectivity index (χ2v) is 7.93. The van der Waals surface area contributed by atoms with E-state index in [0.29, 0.717) is 16.7 Å². The van der Waals surface area contributed by atoms with Gasteiger partial charge in [-0.05, 0) is 47.4 Å². The molecule has 0 saturated carbocycles. The summed E-state index contributed by atoms with van der Waals surface area (Å²) in [6.45, 7) is 6.51. The molecule has 0 radical (unpaired) electrons. The normalized spacial score (nSPS) is 12.0. The summed E-state index contributed by atoms with van der Waals surface area (Å²) < 4.78 is 1.65. The first kappa shape index (κ1) is 18.7. The minimum atomic E-state index is -0.0944. The van der Waals surface area contributed by atoms with Crippen LogP contribution >= 0.6 is 0 Å². The van der Waals surface area contributed by atoms with Gasteiger partial charge < -0.3 is 0 Å². The van der Waals surface area contributed by atoms with Crippen LogP contribution in [0, 0.1) is 0 Å². The molecule has 0 spiro atoms. The Morgan fingerprint density at radius 2 is 1.59 bits per heavy atom. The first-order valence-corrected chi connectivity index (χ1v) is 9.49. The van der Waals surface area contributed by atoms with Crippen molar-refractivity contribution in [2.24, 2.45) is 0 Å². The van der Waals surface area contributed by atoms with E-state index in [9.17, 15) is 4.79 Å². The summed E-state index contributed by atoms with van der Waals surface area (Å²) in [6.07, 6.45) is 8.59. The Hall–Kier alpha value is -3.60. The molecule has 5 heteroatoms. The molecule has 2 aromatic heterocycles. The molecule has 0 atom stereocenters. The van der Waals surface area contributed by atoms with Gasteiger partial charge in [-0.25, -0.2) is 15.0 Å². The SMILES string of the molecule is CC(C)(C)c1ccc(-n2c(/C=C/c3cncnc3)nc3ccccc3c2=O)cc1. The fourth-order valence-corrected chi connectivity index (χ4v) is 3.19. The molecule has 4 aromatic rings. The largest absolute Gasteiger partial charge is 0.268 e. The molecule has 29 heavy (non-hydrogen) atoms. The van der Waals surface area contributed by atoms with E-state index in [1.54, 1.807) is 17.0 Å². The third kappa shape index (κ3) is 3.85. The first-order chi connectivity index (χ1) is 13.9. The molecule has 0 unspecified atom stereocenters. The van der Waals surface area contributed by atoms with Crippen LogP contribution in [0.5, 0.6) is 0 Å². The van der Waals surface area contributed by atoms with Crippen LogP contribution in [0.2, 0.25) is 0 Å². The van der Waals surface area contributed by atoms with Crippen molar-refractivity contribution in [2.75, 3.05) is 0 Å². The Kier molecular flexibility index (Phi) is 4.80.